The number of nitrogens with zero attached hydrogens (tertiary/aromatic N) is 3. The van der Waals surface area contributed by atoms with Crippen LogP contribution in [0.25, 0.3) is 0 Å². The van der Waals surface area contributed by atoms with Gasteiger partial charge in [0.15, 0.2) is 0 Å². The summed E-state index contributed by atoms with van der Waals surface area (Å²) in [5, 5.41) is 22.7. The number of amides is 4. The molecule has 2 N–H and O–H groups in total. The van der Waals surface area contributed by atoms with Gasteiger partial charge < -0.3 is 14.9 Å². The first kappa shape index (κ1) is 32.5. The van der Waals surface area contributed by atoms with Crippen LogP contribution in [0.15, 0.2) is 42.5 Å². The third-order valence-electron chi connectivity index (χ3n) is 9.52. The Morgan fingerprint density at radius 3 is 2.07 bits per heavy atom. The Morgan fingerprint density at radius 2 is 1.59 bits per heavy atom. The average molecular weight is 674 g/mol. The van der Waals surface area contributed by atoms with E-state index in [1.165, 1.54) is 20.8 Å². The van der Waals surface area contributed by atoms with E-state index >= 15 is 0 Å². The zero-order valence-corrected chi connectivity index (χ0v) is 26.5. The molecule has 1 unspecified atom stereocenters. The number of carbonyl (C=O) groups is 5. The molecule has 5 rings (SSSR count). The fourth-order valence-electron chi connectivity index (χ4n) is 7.75. The number of hydrogen-bond donors (Lipinski definition) is 2. The molecule has 12 nitrogen and oxygen atoms in total. The smallest absolute Gasteiger partial charge is 0.475 e. The molecule has 2 saturated heterocycles. The van der Waals surface area contributed by atoms with E-state index in [0.717, 1.165) is 5.06 Å². The van der Waals surface area contributed by atoms with Crippen LogP contribution in [0.2, 0.25) is 0 Å². The Bertz CT molecular complexity index is 1380. The second-order valence-corrected chi connectivity index (χ2v) is 14.8. The number of rotatable bonds is 6. The van der Waals surface area contributed by atoms with Gasteiger partial charge in [-0.2, -0.15) is 14.3 Å². The van der Waals surface area contributed by atoms with Gasteiger partial charge in [0.1, 0.15) is 24.7 Å². The van der Waals surface area contributed by atoms with Gasteiger partial charge in [-0.05, 0) is 85.8 Å². The predicted octanol–water partition coefficient (Wildman–Crippen LogP) is 4.93. The van der Waals surface area contributed by atoms with Gasteiger partial charge >= 0.3 is 22.1 Å². The minimum absolute atomic E-state index is 0.165. The van der Waals surface area contributed by atoms with Crippen molar-refractivity contribution in [2.24, 2.45) is 23.7 Å². The Kier molecular flexibility index (Phi) is 8.24. The summed E-state index contributed by atoms with van der Waals surface area (Å²) in [4.78, 5) is 75.0. The number of likely N-dealkylation sites (tertiary alicyclic amines) is 2. The van der Waals surface area contributed by atoms with Crippen molar-refractivity contribution in [2.75, 3.05) is 6.54 Å². The number of carbonyl (C=O) groups excluding carboxylic acids is 3. The van der Waals surface area contributed by atoms with Gasteiger partial charge in [0.25, 0.3) is 5.66 Å². The van der Waals surface area contributed by atoms with E-state index in [0.29, 0.717) is 16.9 Å². The maximum absolute atomic E-state index is 14.0. The molecule has 2 bridgehead atoms. The van der Waals surface area contributed by atoms with Crippen LogP contribution in [-0.4, -0.2) is 82.4 Å². The van der Waals surface area contributed by atoms with E-state index < -0.39 is 80.5 Å². The van der Waals surface area contributed by atoms with E-state index in [9.17, 15) is 34.2 Å². The first-order valence-electron chi connectivity index (χ1n) is 14.1. The lowest BCUT2D eigenvalue weighted by Gasteiger charge is -2.59. The lowest BCUT2D eigenvalue weighted by molar-refractivity contribution is -0.958. The number of carboxylic acid groups (broad SMARTS) is 2. The summed E-state index contributed by atoms with van der Waals surface area (Å²) in [5.74, 6) is -5.01. The van der Waals surface area contributed by atoms with Gasteiger partial charge in [0, 0.05) is 6.42 Å². The van der Waals surface area contributed by atoms with Gasteiger partial charge in [-0.1, -0.05) is 42.5 Å². The molecular weight excluding hydrogens is 641 g/mol. The number of carboxylic acids is 1. The number of ether oxygens (including phenoxy) is 1. The number of halogens is 3. The Hall–Kier alpha value is -2.90. The third kappa shape index (κ3) is 4.95. The highest BCUT2D eigenvalue weighted by molar-refractivity contribution is 6.66. The molecule has 2 heterocycles. The molecule has 0 spiro atoms. The molecule has 0 radical (unpaired) electrons. The van der Waals surface area contributed by atoms with E-state index in [1.807, 2.05) is 12.2 Å². The van der Waals surface area contributed by atoms with Crippen molar-refractivity contribution in [3.05, 3.63) is 48.0 Å². The first-order chi connectivity index (χ1) is 20.5. The number of piperidine rings is 1. The minimum Gasteiger partial charge on any atom is -0.475 e. The monoisotopic (exact) mass is 672 g/mol. The molecule has 1 aromatic rings. The topological polar surface area (TPSA) is 151 Å². The van der Waals surface area contributed by atoms with Gasteiger partial charge in [-0.3, -0.25) is 14.4 Å². The van der Waals surface area contributed by atoms with Crippen molar-refractivity contribution in [3.63, 3.8) is 0 Å². The number of fused-ring (bicyclic) bond motifs is 5. The highest BCUT2D eigenvalue weighted by Crippen LogP contribution is 2.57. The fraction of sp³-hybridized carbons (Fsp3) is 0.552. The fourth-order valence-corrected chi connectivity index (χ4v) is 7.94. The molecule has 44 heavy (non-hydrogen) atoms. The van der Waals surface area contributed by atoms with Crippen LogP contribution in [0.3, 0.4) is 0 Å². The van der Waals surface area contributed by atoms with Gasteiger partial charge in [0.05, 0.1) is 11.8 Å². The molecule has 4 aliphatic rings. The van der Waals surface area contributed by atoms with Crippen molar-refractivity contribution in [2.45, 2.75) is 67.9 Å². The van der Waals surface area contributed by atoms with E-state index in [2.05, 4.69) is 0 Å². The van der Waals surface area contributed by atoms with Crippen molar-refractivity contribution in [3.8, 4) is 0 Å². The summed E-state index contributed by atoms with van der Waals surface area (Å²) < 4.78 is 1.13. The van der Waals surface area contributed by atoms with Crippen LogP contribution in [-0.2, 0) is 30.6 Å². The second kappa shape index (κ2) is 11.2. The molecule has 0 aromatic heterocycles. The van der Waals surface area contributed by atoms with Crippen LogP contribution in [0, 0.1) is 23.7 Å². The quantitative estimate of drug-likeness (QED) is 0.141. The van der Waals surface area contributed by atoms with Crippen LogP contribution in [0.5, 0.6) is 0 Å². The normalized spacial score (nSPS) is 33.0. The van der Waals surface area contributed by atoms with Gasteiger partial charge in [-0.25, -0.2) is 14.5 Å². The predicted molar refractivity (Wildman–Crippen MR) is 156 cm³/mol. The van der Waals surface area contributed by atoms with E-state index in [1.54, 1.807) is 30.3 Å². The van der Waals surface area contributed by atoms with E-state index in [-0.39, 0.29) is 24.9 Å². The summed E-state index contributed by atoms with van der Waals surface area (Å²) >= 11 is 17.2. The Morgan fingerprint density at radius 1 is 1.02 bits per heavy atom. The molecule has 4 amide bonds. The number of quaternary nitrogens is 1. The number of hydroxylamine groups is 2. The number of benzene rings is 1. The van der Waals surface area contributed by atoms with Gasteiger partial charge in [-0.15, -0.1) is 0 Å². The number of hydrogen-bond acceptors (Lipinski definition) is 7. The van der Waals surface area contributed by atoms with Crippen LogP contribution < -0.4 is 0 Å². The molecule has 15 heteroatoms. The number of aliphatic carboxylic acids is 1. The zero-order valence-electron chi connectivity index (χ0n) is 24.2. The summed E-state index contributed by atoms with van der Waals surface area (Å²) in [5.41, 5.74) is -3.33. The van der Waals surface area contributed by atoms with E-state index in [4.69, 9.17) is 44.4 Å². The first-order valence-corrected chi connectivity index (χ1v) is 15.3. The van der Waals surface area contributed by atoms with Crippen LogP contribution in [0.1, 0.15) is 45.6 Å². The average Bonchev–Trinajstić information content (AvgIpc) is 3.61. The Balaban J connectivity index is 1.59. The molecule has 3 fully saturated rings. The Labute approximate surface area is 268 Å². The molecular formula is C29H33Cl3N3O9+. The van der Waals surface area contributed by atoms with Crippen molar-refractivity contribution >= 4 is 64.8 Å². The third-order valence-corrected chi connectivity index (χ3v) is 9.76. The molecule has 1 aromatic carbocycles. The highest BCUT2D eigenvalue weighted by Gasteiger charge is 2.78. The standard InChI is InChI=1S/C29H32Cl3N3O9/c1-27(2,3)35(26(41)42)14-19(34(25(40)44-29(30,31)32)43-15-16-7-5-4-6-8-16)11-12-28(35,24(38)39)33-22(36)20-17-9-10-18(13-17)21(20)23(33)37/h4-10,17-21H,11-15H2,1-3H3,(H-,38,39,41,42)/p+1/t17-,18+,19-,20-,21+,28+,35?/m1/s1. The van der Waals surface area contributed by atoms with Crippen molar-refractivity contribution < 1.29 is 48.2 Å². The summed E-state index contributed by atoms with van der Waals surface area (Å²) in [6.07, 6.45) is 0.773. The zero-order chi connectivity index (χ0) is 32.4. The summed E-state index contributed by atoms with van der Waals surface area (Å²) in [6.45, 7) is 3.76. The number of imide groups is 1. The SMILES string of the molecule is CC(C)(C)[N+]1(C(=O)O)C[C@H](N(OCc2ccccc2)C(=O)OC(Cl)(Cl)Cl)CC[C@]1(C(=O)O)N1C(=O)[C@@H]2[C@H](C1=O)[C@@H]1C=C[C@H]2C1. The van der Waals surface area contributed by atoms with Gasteiger partial charge in [0.2, 0.25) is 11.8 Å². The number of alkyl halides is 3. The molecule has 2 aliphatic heterocycles. The van der Waals surface area contributed by atoms with Crippen molar-refractivity contribution in [1.82, 2.24) is 9.96 Å². The summed E-state index contributed by atoms with van der Waals surface area (Å²) in [7, 11) is 0. The molecule has 238 valence electrons. The van der Waals surface area contributed by atoms with Crippen LogP contribution in [0.4, 0.5) is 9.59 Å². The maximum Gasteiger partial charge on any atom is 0.516 e. The molecule has 2 aliphatic carbocycles. The van der Waals surface area contributed by atoms with Crippen LogP contribution >= 0.6 is 34.8 Å². The van der Waals surface area contributed by atoms with Crippen molar-refractivity contribution in [1.29, 1.82) is 0 Å². The molecule has 7 atom stereocenters. The highest BCUT2D eigenvalue weighted by atomic mass is 35.6. The largest absolute Gasteiger partial charge is 0.516 e. The lowest BCUT2D eigenvalue weighted by Crippen LogP contribution is -2.86. The number of allylic oxidation sites excluding steroid dienone is 2. The maximum atomic E-state index is 14.0. The molecule has 1 saturated carbocycles. The summed E-state index contributed by atoms with van der Waals surface area (Å²) in [6, 6.07) is 7.58. The lowest BCUT2D eigenvalue weighted by atomic mass is 9.81. The minimum atomic E-state index is -2.54. The second-order valence-electron chi connectivity index (χ2n) is 12.7.